The van der Waals surface area contributed by atoms with Gasteiger partial charge in [0, 0.05) is 13.6 Å². The average molecular weight is 346 g/mol. The quantitative estimate of drug-likeness (QED) is 0.853. The summed E-state index contributed by atoms with van der Waals surface area (Å²) in [6.45, 7) is 4.96. The molecule has 0 N–H and O–H groups in total. The zero-order chi connectivity index (χ0) is 17.3. The highest BCUT2D eigenvalue weighted by molar-refractivity contribution is 7.92. The van der Waals surface area contributed by atoms with E-state index in [4.69, 9.17) is 4.74 Å². The van der Waals surface area contributed by atoms with Crippen LogP contribution in [0.5, 0.6) is 5.75 Å². The van der Waals surface area contributed by atoms with E-state index < -0.39 is 10.0 Å². The lowest BCUT2D eigenvalue weighted by atomic mass is 10.2. The van der Waals surface area contributed by atoms with Gasteiger partial charge in [0.2, 0.25) is 0 Å². The Hall–Kier alpha value is -2.21. The van der Waals surface area contributed by atoms with E-state index in [0.717, 1.165) is 5.69 Å². The van der Waals surface area contributed by atoms with Crippen molar-refractivity contribution in [2.45, 2.75) is 24.8 Å². The van der Waals surface area contributed by atoms with E-state index in [1.807, 2.05) is 45.2 Å². The summed E-state index contributed by atoms with van der Waals surface area (Å²) >= 11 is 0. The Morgan fingerprint density at radius 2 is 1.58 bits per heavy atom. The molecule has 1 aliphatic heterocycles. The predicted octanol–water partition coefficient (Wildman–Crippen LogP) is 3.12. The number of likely N-dealkylation sites (N-methyl/N-ethyl adjacent to an activating group) is 1. The van der Waals surface area contributed by atoms with Crippen LogP contribution in [0.25, 0.3) is 0 Å². The molecular weight excluding hydrogens is 324 g/mol. The lowest BCUT2D eigenvalue weighted by molar-refractivity contribution is 0.242. The SMILES string of the molecule is CC(C)Oc1ccc(S(=O)(=O)N2CCN(C)c3ccccc32)cc1. The first-order chi connectivity index (χ1) is 11.4. The number of hydrogen-bond donors (Lipinski definition) is 0. The first kappa shape index (κ1) is 16.6. The van der Waals surface area contributed by atoms with Crippen LogP contribution in [0.1, 0.15) is 13.8 Å². The molecule has 128 valence electrons. The van der Waals surface area contributed by atoms with Crippen molar-refractivity contribution in [3.8, 4) is 5.75 Å². The highest BCUT2D eigenvalue weighted by Crippen LogP contribution is 2.35. The van der Waals surface area contributed by atoms with Gasteiger partial charge in [-0.25, -0.2) is 8.42 Å². The van der Waals surface area contributed by atoms with Gasteiger partial charge in [-0.2, -0.15) is 0 Å². The maximum Gasteiger partial charge on any atom is 0.264 e. The molecule has 3 rings (SSSR count). The second kappa shape index (κ2) is 6.36. The first-order valence-electron chi connectivity index (χ1n) is 7.99. The Morgan fingerprint density at radius 1 is 0.958 bits per heavy atom. The van der Waals surface area contributed by atoms with Gasteiger partial charge in [0.1, 0.15) is 5.75 Å². The van der Waals surface area contributed by atoms with Crippen LogP contribution in [0.3, 0.4) is 0 Å². The summed E-state index contributed by atoms with van der Waals surface area (Å²) in [5.41, 5.74) is 1.64. The third kappa shape index (κ3) is 3.06. The zero-order valence-corrected chi connectivity index (χ0v) is 15.0. The Morgan fingerprint density at radius 3 is 2.21 bits per heavy atom. The number of rotatable bonds is 4. The van der Waals surface area contributed by atoms with Gasteiger partial charge in [-0.15, -0.1) is 0 Å². The summed E-state index contributed by atoms with van der Waals surface area (Å²) in [4.78, 5) is 2.35. The van der Waals surface area contributed by atoms with Crippen molar-refractivity contribution >= 4 is 21.4 Å². The highest BCUT2D eigenvalue weighted by Gasteiger charge is 2.30. The van der Waals surface area contributed by atoms with Crippen molar-refractivity contribution in [2.24, 2.45) is 0 Å². The van der Waals surface area contributed by atoms with Crippen LogP contribution in [0.2, 0.25) is 0 Å². The Balaban J connectivity index is 1.95. The number of ether oxygens (including phenoxy) is 1. The normalized spacial score (nSPS) is 14.7. The summed E-state index contributed by atoms with van der Waals surface area (Å²) < 4.78 is 33.2. The molecule has 0 fully saturated rings. The van der Waals surface area contributed by atoms with Gasteiger partial charge in [0.25, 0.3) is 10.0 Å². The third-order valence-corrected chi connectivity index (χ3v) is 5.81. The fraction of sp³-hybridized carbons (Fsp3) is 0.333. The number of anilines is 2. The minimum Gasteiger partial charge on any atom is -0.491 e. The van der Waals surface area contributed by atoms with Crippen molar-refractivity contribution in [3.05, 3.63) is 48.5 Å². The molecule has 0 unspecified atom stereocenters. The zero-order valence-electron chi connectivity index (χ0n) is 14.1. The smallest absolute Gasteiger partial charge is 0.264 e. The standard InChI is InChI=1S/C18H22N2O3S/c1-14(2)23-15-8-10-16(11-9-15)24(21,22)20-13-12-19(3)17-6-4-5-7-18(17)20/h4-11,14H,12-13H2,1-3H3. The fourth-order valence-corrected chi connectivity index (χ4v) is 4.29. The lowest BCUT2D eigenvalue weighted by Crippen LogP contribution is -2.42. The summed E-state index contributed by atoms with van der Waals surface area (Å²) in [5.74, 6) is 0.669. The molecule has 0 spiro atoms. The predicted molar refractivity (Wildman–Crippen MR) is 96.4 cm³/mol. The summed E-state index contributed by atoms with van der Waals surface area (Å²) in [6, 6.07) is 14.2. The molecule has 2 aromatic rings. The topological polar surface area (TPSA) is 49.9 Å². The van der Waals surface area contributed by atoms with Gasteiger partial charge in [-0.1, -0.05) is 12.1 Å². The Bertz CT molecular complexity index is 816. The van der Waals surface area contributed by atoms with Gasteiger partial charge >= 0.3 is 0 Å². The number of hydrogen-bond acceptors (Lipinski definition) is 4. The molecule has 0 saturated heterocycles. The number of fused-ring (bicyclic) bond motifs is 1. The molecule has 1 heterocycles. The summed E-state index contributed by atoms with van der Waals surface area (Å²) in [6.07, 6.45) is 0.0527. The van der Waals surface area contributed by atoms with Crippen molar-refractivity contribution in [1.82, 2.24) is 0 Å². The largest absolute Gasteiger partial charge is 0.491 e. The van der Waals surface area contributed by atoms with Crippen molar-refractivity contribution < 1.29 is 13.2 Å². The molecule has 6 heteroatoms. The van der Waals surface area contributed by atoms with E-state index in [1.165, 1.54) is 4.31 Å². The van der Waals surface area contributed by atoms with Crippen LogP contribution in [-0.2, 0) is 10.0 Å². The van der Waals surface area contributed by atoms with E-state index in [-0.39, 0.29) is 11.0 Å². The Kier molecular flexibility index (Phi) is 4.41. The van der Waals surface area contributed by atoms with E-state index in [1.54, 1.807) is 24.3 Å². The number of para-hydroxylation sites is 2. The van der Waals surface area contributed by atoms with Crippen LogP contribution in [0.15, 0.2) is 53.4 Å². The second-order valence-electron chi connectivity index (χ2n) is 6.13. The molecule has 0 bridgehead atoms. The molecule has 0 amide bonds. The minimum absolute atomic E-state index is 0.0527. The molecule has 24 heavy (non-hydrogen) atoms. The molecule has 0 radical (unpaired) electrons. The second-order valence-corrected chi connectivity index (χ2v) is 7.99. The minimum atomic E-state index is -3.59. The van der Waals surface area contributed by atoms with Crippen molar-refractivity contribution in [3.63, 3.8) is 0 Å². The van der Waals surface area contributed by atoms with E-state index >= 15 is 0 Å². The Labute approximate surface area is 143 Å². The summed E-state index contributed by atoms with van der Waals surface area (Å²) in [7, 11) is -1.62. The maximum absolute atomic E-state index is 13.1. The molecule has 0 atom stereocenters. The van der Waals surface area contributed by atoms with Crippen LogP contribution in [0.4, 0.5) is 11.4 Å². The molecule has 5 nitrogen and oxygen atoms in total. The van der Waals surface area contributed by atoms with Crippen LogP contribution in [-0.4, -0.2) is 34.7 Å². The fourth-order valence-electron chi connectivity index (χ4n) is 2.82. The van der Waals surface area contributed by atoms with E-state index in [0.29, 0.717) is 24.5 Å². The molecule has 1 aliphatic rings. The number of sulfonamides is 1. The highest BCUT2D eigenvalue weighted by atomic mass is 32.2. The van der Waals surface area contributed by atoms with Crippen LogP contribution >= 0.6 is 0 Å². The molecule has 0 saturated carbocycles. The molecular formula is C18H22N2O3S. The monoisotopic (exact) mass is 346 g/mol. The lowest BCUT2D eigenvalue weighted by Gasteiger charge is -2.36. The van der Waals surface area contributed by atoms with Gasteiger partial charge in [-0.3, -0.25) is 4.31 Å². The number of benzene rings is 2. The maximum atomic E-state index is 13.1. The first-order valence-corrected chi connectivity index (χ1v) is 9.43. The molecule has 2 aromatic carbocycles. The number of nitrogens with zero attached hydrogens (tertiary/aromatic N) is 2. The molecule has 0 aliphatic carbocycles. The van der Waals surface area contributed by atoms with Crippen LogP contribution in [0, 0.1) is 0 Å². The molecule has 0 aromatic heterocycles. The third-order valence-electron chi connectivity index (χ3n) is 3.98. The van der Waals surface area contributed by atoms with Gasteiger partial charge in [0.05, 0.1) is 28.9 Å². The van der Waals surface area contributed by atoms with Gasteiger partial charge < -0.3 is 9.64 Å². The van der Waals surface area contributed by atoms with Crippen molar-refractivity contribution in [1.29, 1.82) is 0 Å². The van der Waals surface area contributed by atoms with E-state index in [9.17, 15) is 8.42 Å². The van der Waals surface area contributed by atoms with Gasteiger partial charge in [0.15, 0.2) is 0 Å². The average Bonchev–Trinajstić information content (AvgIpc) is 2.55. The van der Waals surface area contributed by atoms with Gasteiger partial charge in [-0.05, 0) is 50.2 Å². The van der Waals surface area contributed by atoms with E-state index in [2.05, 4.69) is 4.90 Å². The summed E-state index contributed by atoms with van der Waals surface area (Å²) in [5, 5.41) is 0. The van der Waals surface area contributed by atoms with Crippen molar-refractivity contribution in [2.75, 3.05) is 29.3 Å². The van der Waals surface area contributed by atoms with Crippen LogP contribution < -0.4 is 13.9 Å².